The Morgan fingerprint density at radius 2 is 1.61 bits per heavy atom. The first-order valence-electron chi connectivity index (χ1n) is 15.7. The summed E-state index contributed by atoms with van der Waals surface area (Å²) >= 11 is 1.27. The van der Waals surface area contributed by atoms with Gasteiger partial charge in [-0.05, 0) is 102 Å². The van der Waals surface area contributed by atoms with Crippen molar-refractivity contribution < 1.29 is 23.9 Å². The number of aryl methyl sites for hydroxylation is 1. The fourth-order valence-corrected chi connectivity index (χ4v) is 5.69. The van der Waals surface area contributed by atoms with Crippen molar-refractivity contribution in [2.24, 2.45) is 0 Å². The molecule has 0 saturated carbocycles. The summed E-state index contributed by atoms with van der Waals surface area (Å²) in [4.78, 5) is 49.2. The van der Waals surface area contributed by atoms with Crippen molar-refractivity contribution in [1.29, 1.82) is 0 Å². The van der Waals surface area contributed by atoms with E-state index in [2.05, 4.69) is 51.8 Å². The molecular formula is C35H45N5O5S. The van der Waals surface area contributed by atoms with Gasteiger partial charge >= 0.3 is 12.2 Å². The number of nitrogens with zero attached hydrogens (tertiary/aromatic N) is 3. The highest BCUT2D eigenvalue weighted by atomic mass is 32.1. The van der Waals surface area contributed by atoms with Crippen LogP contribution >= 0.6 is 11.3 Å². The Labute approximate surface area is 275 Å². The van der Waals surface area contributed by atoms with E-state index in [1.165, 1.54) is 21.8 Å². The number of rotatable bonds is 9. The maximum absolute atomic E-state index is 13.4. The fraction of sp³-hybridized carbons (Fsp3) is 0.457. The first-order valence-corrected chi connectivity index (χ1v) is 16.6. The molecule has 10 nitrogen and oxygen atoms in total. The standard InChI is InChI=1S/C35H45N5O5S/c1-8-23-13-15-24(16-14-23)27-11-9-10-12-28(27)30(41)37-25-17-18-29(36-21-25)40(33(43)45-35(5,6)7)20-19-26-22-46-31(38-26)39-32(42)44-34(2,3)4/h13-18,21-22H,8-12,19-20H2,1-7H3,(H,37,41)(H,38,39,42). The Kier molecular flexibility index (Phi) is 11.2. The second kappa shape index (κ2) is 14.9. The predicted molar refractivity (Wildman–Crippen MR) is 183 cm³/mol. The first kappa shape index (κ1) is 34.6. The number of aromatic nitrogens is 2. The number of allylic oxidation sites excluding steroid dienone is 1. The van der Waals surface area contributed by atoms with Gasteiger partial charge in [-0.25, -0.2) is 19.6 Å². The number of hydrogen-bond acceptors (Lipinski definition) is 8. The molecule has 11 heteroatoms. The summed E-state index contributed by atoms with van der Waals surface area (Å²) in [5.74, 6) is 0.246. The Morgan fingerprint density at radius 1 is 0.913 bits per heavy atom. The van der Waals surface area contributed by atoms with E-state index in [1.54, 1.807) is 59.9 Å². The summed E-state index contributed by atoms with van der Waals surface area (Å²) in [6.45, 7) is 13.1. The van der Waals surface area contributed by atoms with Crippen LogP contribution in [0.15, 0.2) is 53.5 Å². The molecule has 1 aliphatic carbocycles. The van der Waals surface area contributed by atoms with Crippen molar-refractivity contribution in [2.75, 3.05) is 22.1 Å². The van der Waals surface area contributed by atoms with Gasteiger partial charge in [0.15, 0.2) is 5.13 Å². The van der Waals surface area contributed by atoms with Crippen LogP contribution in [0.25, 0.3) is 5.57 Å². The maximum Gasteiger partial charge on any atom is 0.416 e. The van der Waals surface area contributed by atoms with Crippen LogP contribution < -0.4 is 15.5 Å². The molecule has 2 N–H and O–H groups in total. The molecule has 4 rings (SSSR count). The van der Waals surface area contributed by atoms with Crippen LogP contribution in [-0.2, 0) is 27.1 Å². The molecule has 0 saturated heterocycles. The Morgan fingerprint density at radius 3 is 2.24 bits per heavy atom. The van der Waals surface area contributed by atoms with E-state index in [1.807, 2.05) is 5.38 Å². The number of thiazole rings is 1. The van der Waals surface area contributed by atoms with Gasteiger partial charge in [0.1, 0.15) is 17.0 Å². The van der Waals surface area contributed by atoms with Gasteiger partial charge in [-0.3, -0.25) is 15.0 Å². The van der Waals surface area contributed by atoms with Crippen LogP contribution in [0.4, 0.5) is 26.2 Å². The van der Waals surface area contributed by atoms with Crippen molar-refractivity contribution in [3.63, 3.8) is 0 Å². The van der Waals surface area contributed by atoms with Crippen LogP contribution in [0.2, 0.25) is 0 Å². The summed E-state index contributed by atoms with van der Waals surface area (Å²) in [6, 6.07) is 11.9. The van der Waals surface area contributed by atoms with E-state index in [-0.39, 0.29) is 12.5 Å². The molecule has 0 fully saturated rings. The van der Waals surface area contributed by atoms with Gasteiger partial charge in [0.2, 0.25) is 0 Å². The van der Waals surface area contributed by atoms with Crippen molar-refractivity contribution in [3.8, 4) is 0 Å². The lowest BCUT2D eigenvalue weighted by atomic mass is 9.86. The molecule has 3 amide bonds. The average molecular weight is 648 g/mol. The van der Waals surface area contributed by atoms with Crippen molar-refractivity contribution in [2.45, 2.75) is 98.2 Å². The second-order valence-electron chi connectivity index (χ2n) is 13.2. The number of carbonyl (C=O) groups is 3. The quantitative estimate of drug-likeness (QED) is 0.239. The fourth-order valence-electron chi connectivity index (χ4n) is 4.96. The van der Waals surface area contributed by atoms with Gasteiger partial charge in [0, 0.05) is 23.9 Å². The van der Waals surface area contributed by atoms with Gasteiger partial charge in [-0.15, -0.1) is 11.3 Å². The van der Waals surface area contributed by atoms with Crippen LogP contribution in [0.3, 0.4) is 0 Å². The lowest BCUT2D eigenvalue weighted by Gasteiger charge is -2.26. The molecule has 1 aromatic carbocycles. The highest BCUT2D eigenvalue weighted by molar-refractivity contribution is 7.13. The Hall–Kier alpha value is -4.25. The lowest BCUT2D eigenvalue weighted by Crippen LogP contribution is -2.38. The Balaban J connectivity index is 1.46. The number of anilines is 3. The molecule has 0 atom stereocenters. The molecule has 0 spiro atoms. The van der Waals surface area contributed by atoms with Gasteiger partial charge < -0.3 is 14.8 Å². The summed E-state index contributed by atoms with van der Waals surface area (Å²) in [6.07, 6.45) is 5.40. The number of pyridine rings is 1. The number of hydrogen-bond donors (Lipinski definition) is 2. The molecule has 46 heavy (non-hydrogen) atoms. The number of benzene rings is 1. The number of nitrogens with one attached hydrogen (secondary N) is 2. The molecule has 0 bridgehead atoms. The molecule has 0 aliphatic heterocycles. The summed E-state index contributed by atoms with van der Waals surface area (Å²) in [7, 11) is 0. The zero-order valence-corrected chi connectivity index (χ0v) is 28.7. The SMILES string of the molecule is CCc1ccc(C2=C(C(=O)Nc3ccc(N(CCc4csc(NC(=O)OC(C)(C)C)n4)C(=O)OC(C)(C)C)nc3)CCCC2)cc1. The van der Waals surface area contributed by atoms with E-state index in [0.717, 1.165) is 48.8 Å². The third kappa shape index (κ3) is 10.1. The van der Waals surface area contributed by atoms with E-state index >= 15 is 0 Å². The smallest absolute Gasteiger partial charge is 0.416 e. The van der Waals surface area contributed by atoms with E-state index in [4.69, 9.17) is 9.47 Å². The van der Waals surface area contributed by atoms with Crippen molar-refractivity contribution in [1.82, 2.24) is 9.97 Å². The average Bonchev–Trinajstić information content (AvgIpc) is 3.43. The van der Waals surface area contributed by atoms with Crippen LogP contribution in [-0.4, -0.2) is 45.8 Å². The molecule has 3 aromatic rings. The van der Waals surface area contributed by atoms with Crippen LogP contribution in [0.5, 0.6) is 0 Å². The molecule has 2 aromatic heterocycles. The third-order valence-electron chi connectivity index (χ3n) is 7.10. The Bertz CT molecular complexity index is 1550. The second-order valence-corrected chi connectivity index (χ2v) is 14.1. The number of amides is 3. The zero-order valence-electron chi connectivity index (χ0n) is 27.9. The molecule has 1 aliphatic rings. The van der Waals surface area contributed by atoms with Crippen LogP contribution in [0, 0.1) is 0 Å². The first-order chi connectivity index (χ1) is 21.7. The minimum absolute atomic E-state index is 0.132. The normalized spacial score (nSPS) is 13.6. The topological polar surface area (TPSA) is 123 Å². The zero-order chi connectivity index (χ0) is 33.5. The van der Waals surface area contributed by atoms with Crippen molar-refractivity contribution in [3.05, 3.63) is 70.4 Å². The minimum Gasteiger partial charge on any atom is -0.444 e. The molecule has 0 radical (unpaired) electrons. The maximum atomic E-state index is 13.4. The highest BCUT2D eigenvalue weighted by Gasteiger charge is 2.26. The molecule has 246 valence electrons. The van der Waals surface area contributed by atoms with E-state index in [9.17, 15) is 14.4 Å². The molecule has 0 unspecified atom stereocenters. The minimum atomic E-state index is -0.712. The van der Waals surface area contributed by atoms with Gasteiger partial charge in [0.05, 0.1) is 17.6 Å². The predicted octanol–water partition coefficient (Wildman–Crippen LogP) is 8.40. The summed E-state index contributed by atoms with van der Waals surface area (Å²) in [5.41, 5.74) is 4.15. The summed E-state index contributed by atoms with van der Waals surface area (Å²) < 4.78 is 11.0. The van der Waals surface area contributed by atoms with Gasteiger partial charge in [-0.1, -0.05) is 31.2 Å². The lowest BCUT2D eigenvalue weighted by molar-refractivity contribution is -0.113. The van der Waals surface area contributed by atoms with Gasteiger partial charge in [-0.2, -0.15) is 0 Å². The molecule has 2 heterocycles. The van der Waals surface area contributed by atoms with Crippen LogP contribution in [0.1, 0.15) is 91.0 Å². The highest BCUT2D eigenvalue weighted by Crippen LogP contribution is 2.33. The third-order valence-corrected chi connectivity index (χ3v) is 7.91. The largest absolute Gasteiger partial charge is 0.444 e. The monoisotopic (exact) mass is 647 g/mol. The molecular weight excluding hydrogens is 602 g/mol. The number of ether oxygens (including phenoxy) is 2. The number of carbonyl (C=O) groups excluding carboxylic acids is 3. The van der Waals surface area contributed by atoms with Gasteiger partial charge in [0.25, 0.3) is 5.91 Å². The van der Waals surface area contributed by atoms with Crippen molar-refractivity contribution >= 4 is 51.6 Å². The van der Waals surface area contributed by atoms with E-state index < -0.39 is 23.4 Å². The summed E-state index contributed by atoms with van der Waals surface area (Å²) in [5, 5.41) is 7.88. The van der Waals surface area contributed by atoms with E-state index in [0.29, 0.717) is 28.8 Å².